The van der Waals surface area contributed by atoms with E-state index in [0.717, 1.165) is 6.54 Å². The first-order valence-electron chi connectivity index (χ1n) is 6.47. The standard InChI is InChI=1S/C14H17BrClFN4/c1-20(2)6-7-21-14(10(16)8-19-21)13(18)12-9(15)4-3-5-11(12)17/h3-5,8,13H,6-7,18H2,1-2H3. The molecule has 1 aromatic carbocycles. The zero-order valence-electron chi connectivity index (χ0n) is 11.9. The van der Waals surface area contributed by atoms with Gasteiger partial charge in [-0.25, -0.2) is 4.39 Å². The highest BCUT2D eigenvalue weighted by atomic mass is 79.9. The molecule has 4 nitrogen and oxygen atoms in total. The summed E-state index contributed by atoms with van der Waals surface area (Å²) < 4.78 is 16.4. The van der Waals surface area contributed by atoms with Crippen LogP contribution in [0.2, 0.25) is 5.02 Å². The van der Waals surface area contributed by atoms with Gasteiger partial charge in [0.25, 0.3) is 0 Å². The molecule has 2 aromatic rings. The van der Waals surface area contributed by atoms with E-state index in [4.69, 9.17) is 17.3 Å². The first-order valence-corrected chi connectivity index (χ1v) is 7.64. The van der Waals surface area contributed by atoms with E-state index < -0.39 is 6.04 Å². The number of aromatic nitrogens is 2. The highest BCUT2D eigenvalue weighted by molar-refractivity contribution is 9.10. The molecule has 0 aliphatic rings. The molecule has 0 bridgehead atoms. The van der Waals surface area contributed by atoms with Gasteiger partial charge in [0.05, 0.1) is 29.5 Å². The second kappa shape index (κ2) is 6.87. The van der Waals surface area contributed by atoms with E-state index in [0.29, 0.717) is 27.3 Å². The summed E-state index contributed by atoms with van der Waals surface area (Å²) in [5.41, 5.74) is 7.24. The minimum atomic E-state index is -0.683. The van der Waals surface area contributed by atoms with Crippen molar-refractivity contribution in [2.75, 3.05) is 20.6 Å². The van der Waals surface area contributed by atoms with Crippen molar-refractivity contribution < 1.29 is 4.39 Å². The molecule has 1 unspecified atom stereocenters. The van der Waals surface area contributed by atoms with Crippen LogP contribution in [0.25, 0.3) is 0 Å². The Kier molecular flexibility index (Phi) is 5.37. The van der Waals surface area contributed by atoms with E-state index in [9.17, 15) is 4.39 Å². The molecule has 21 heavy (non-hydrogen) atoms. The molecule has 1 heterocycles. The zero-order valence-corrected chi connectivity index (χ0v) is 14.2. The predicted molar refractivity (Wildman–Crippen MR) is 85.9 cm³/mol. The molecule has 0 saturated heterocycles. The second-order valence-corrected chi connectivity index (χ2v) is 6.28. The Hall–Kier alpha value is -0.950. The van der Waals surface area contributed by atoms with Crippen molar-refractivity contribution in [2.24, 2.45) is 5.73 Å². The van der Waals surface area contributed by atoms with Gasteiger partial charge in [0.1, 0.15) is 5.82 Å². The SMILES string of the molecule is CN(C)CCn1ncc(Cl)c1C(N)c1c(F)cccc1Br. The first kappa shape index (κ1) is 16.4. The Morgan fingerprint density at radius 3 is 2.81 bits per heavy atom. The van der Waals surface area contributed by atoms with Crippen LogP contribution < -0.4 is 5.73 Å². The third-order valence-corrected chi connectivity index (χ3v) is 4.18. The number of hydrogen-bond donors (Lipinski definition) is 1. The van der Waals surface area contributed by atoms with E-state index in [-0.39, 0.29) is 5.82 Å². The van der Waals surface area contributed by atoms with Crippen LogP contribution in [-0.2, 0) is 6.54 Å². The average Bonchev–Trinajstić information content (AvgIpc) is 2.77. The van der Waals surface area contributed by atoms with E-state index in [2.05, 4.69) is 21.0 Å². The fraction of sp³-hybridized carbons (Fsp3) is 0.357. The van der Waals surface area contributed by atoms with Gasteiger partial charge < -0.3 is 10.6 Å². The van der Waals surface area contributed by atoms with Crippen LogP contribution in [0, 0.1) is 5.82 Å². The number of benzene rings is 1. The smallest absolute Gasteiger partial charge is 0.129 e. The minimum Gasteiger partial charge on any atom is -0.319 e. The van der Waals surface area contributed by atoms with E-state index in [1.54, 1.807) is 23.0 Å². The summed E-state index contributed by atoms with van der Waals surface area (Å²) in [4.78, 5) is 2.03. The van der Waals surface area contributed by atoms with Crippen molar-refractivity contribution in [2.45, 2.75) is 12.6 Å². The monoisotopic (exact) mass is 374 g/mol. The maximum Gasteiger partial charge on any atom is 0.129 e. The summed E-state index contributed by atoms with van der Waals surface area (Å²) in [5.74, 6) is -0.367. The Morgan fingerprint density at radius 2 is 2.19 bits per heavy atom. The maximum atomic E-state index is 14.1. The van der Waals surface area contributed by atoms with Crippen LogP contribution in [0.3, 0.4) is 0 Å². The zero-order chi connectivity index (χ0) is 15.6. The quantitative estimate of drug-likeness (QED) is 0.874. The Balaban J connectivity index is 2.39. The summed E-state index contributed by atoms with van der Waals surface area (Å²) in [7, 11) is 3.94. The van der Waals surface area contributed by atoms with Crippen molar-refractivity contribution in [1.29, 1.82) is 0 Å². The molecule has 1 atom stereocenters. The normalized spacial score (nSPS) is 12.9. The molecule has 114 valence electrons. The van der Waals surface area contributed by atoms with Crippen LogP contribution in [0.1, 0.15) is 17.3 Å². The molecule has 2 rings (SSSR count). The lowest BCUT2D eigenvalue weighted by Gasteiger charge is -2.18. The largest absolute Gasteiger partial charge is 0.319 e. The van der Waals surface area contributed by atoms with Crippen molar-refractivity contribution in [3.63, 3.8) is 0 Å². The highest BCUT2D eigenvalue weighted by Gasteiger charge is 2.23. The maximum absolute atomic E-state index is 14.1. The molecule has 0 aliphatic carbocycles. The van der Waals surface area contributed by atoms with Crippen LogP contribution in [0.5, 0.6) is 0 Å². The van der Waals surface area contributed by atoms with Crippen molar-refractivity contribution in [3.8, 4) is 0 Å². The highest BCUT2D eigenvalue weighted by Crippen LogP contribution is 2.32. The van der Waals surface area contributed by atoms with Gasteiger partial charge in [0, 0.05) is 16.6 Å². The molecule has 0 radical (unpaired) electrons. The third-order valence-electron chi connectivity index (χ3n) is 3.20. The van der Waals surface area contributed by atoms with Crippen LogP contribution in [-0.4, -0.2) is 35.3 Å². The van der Waals surface area contributed by atoms with Crippen molar-refractivity contribution in [3.05, 3.63) is 51.0 Å². The minimum absolute atomic E-state index is 0.367. The van der Waals surface area contributed by atoms with Crippen LogP contribution in [0.4, 0.5) is 4.39 Å². The average molecular weight is 376 g/mol. The molecule has 2 N–H and O–H groups in total. The fourth-order valence-corrected chi connectivity index (χ4v) is 2.95. The van der Waals surface area contributed by atoms with Gasteiger partial charge >= 0.3 is 0 Å². The molecule has 0 aliphatic heterocycles. The lowest BCUT2D eigenvalue weighted by Crippen LogP contribution is -2.24. The van der Waals surface area contributed by atoms with Crippen molar-refractivity contribution >= 4 is 27.5 Å². The molecule has 0 amide bonds. The van der Waals surface area contributed by atoms with Gasteiger partial charge in [0.15, 0.2) is 0 Å². The van der Waals surface area contributed by atoms with Gasteiger partial charge in [0.2, 0.25) is 0 Å². The lowest BCUT2D eigenvalue weighted by molar-refractivity contribution is 0.367. The molecular formula is C14H17BrClFN4. The number of nitrogens with two attached hydrogens (primary N) is 1. The number of rotatable bonds is 5. The lowest BCUT2D eigenvalue weighted by atomic mass is 10.0. The Morgan fingerprint density at radius 1 is 1.48 bits per heavy atom. The van der Waals surface area contributed by atoms with Gasteiger partial charge in [-0.3, -0.25) is 4.68 Å². The molecule has 1 aromatic heterocycles. The summed E-state index contributed by atoms with van der Waals surface area (Å²) in [6.45, 7) is 1.42. The topological polar surface area (TPSA) is 47.1 Å². The van der Waals surface area contributed by atoms with Crippen molar-refractivity contribution in [1.82, 2.24) is 14.7 Å². The molecule has 0 spiro atoms. The van der Waals surface area contributed by atoms with Gasteiger partial charge in [-0.05, 0) is 26.2 Å². The molecular weight excluding hydrogens is 359 g/mol. The third kappa shape index (κ3) is 3.63. The predicted octanol–water partition coefficient (Wildman–Crippen LogP) is 3.05. The molecule has 0 saturated carbocycles. The van der Waals surface area contributed by atoms with E-state index >= 15 is 0 Å². The Labute approximate surface area is 136 Å². The van der Waals surface area contributed by atoms with Gasteiger partial charge in [-0.15, -0.1) is 0 Å². The van der Waals surface area contributed by atoms with E-state index in [1.807, 2.05) is 19.0 Å². The van der Waals surface area contributed by atoms with Crippen LogP contribution in [0.15, 0.2) is 28.9 Å². The van der Waals surface area contributed by atoms with Gasteiger partial charge in [-0.1, -0.05) is 33.6 Å². The summed E-state index contributed by atoms with van der Waals surface area (Å²) in [5, 5.41) is 4.68. The first-order chi connectivity index (χ1) is 9.91. The number of nitrogens with zero attached hydrogens (tertiary/aromatic N) is 3. The molecule has 0 fully saturated rings. The summed E-state index contributed by atoms with van der Waals surface area (Å²) in [6.07, 6.45) is 1.54. The van der Waals surface area contributed by atoms with E-state index in [1.165, 1.54) is 6.07 Å². The number of halogens is 3. The summed E-state index contributed by atoms with van der Waals surface area (Å²) >= 11 is 9.54. The number of hydrogen-bond acceptors (Lipinski definition) is 3. The van der Waals surface area contributed by atoms with Gasteiger partial charge in [-0.2, -0.15) is 5.10 Å². The van der Waals surface area contributed by atoms with Crippen LogP contribution >= 0.6 is 27.5 Å². The molecule has 7 heteroatoms. The number of likely N-dealkylation sites (N-methyl/N-ethyl adjacent to an activating group) is 1. The Bertz CT molecular complexity index is 609. The second-order valence-electron chi connectivity index (χ2n) is 5.02. The summed E-state index contributed by atoms with van der Waals surface area (Å²) in [6, 6.07) is 4.08. The fourth-order valence-electron chi connectivity index (χ4n) is 2.10.